The number of hydrogen-bond donors (Lipinski definition) is 0. The second-order valence-corrected chi connectivity index (χ2v) is 6.84. The number of piperazine rings is 1. The lowest BCUT2D eigenvalue weighted by atomic mass is 10.3. The summed E-state index contributed by atoms with van der Waals surface area (Å²) in [5.74, 6) is -0.291. The Bertz CT molecular complexity index is 566. The Morgan fingerprint density at radius 1 is 1.14 bits per heavy atom. The molecule has 0 spiro atoms. The number of nitrogens with zero attached hydrogens (tertiary/aromatic N) is 2. The Kier molecular flexibility index (Phi) is 5.33. The zero-order chi connectivity index (χ0) is 15.3. The van der Waals surface area contributed by atoms with E-state index in [1.165, 1.54) is 11.2 Å². The monoisotopic (exact) mass is 312 g/mol. The van der Waals surface area contributed by atoms with Gasteiger partial charge in [-0.15, -0.1) is 0 Å². The smallest absolute Gasteiger partial charge is 0.302 e. The fraction of sp³-hybridized carbons (Fsp3) is 0.500. The lowest BCUT2D eigenvalue weighted by Gasteiger charge is -2.33. The van der Waals surface area contributed by atoms with E-state index >= 15 is 0 Å². The summed E-state index contributed by atoms with van der Waals surface area (Å²) in [6.07, 6.45) is 0. The third kappa shape index (κ3) is 4.26. The molecule has 116 valence electrons. The van der Waals surface area contributed by atoms with Crippen molar-refractivity contribution in [3.8, 4) is 0 Å². The molecule has 0 saturated carbocycles. The van der Waals surface area contributed by atoms with Gasteiger partial charge in [0.25, 0.3) is 0 Å². The fourth-order valence-electron chi connectivity index (χ4n) is 2.25. The van der Waals surface area contributed by atoms with Gasteiger partial charge in [-0.1, -0.05) is 18.2 Å². The van der Waals surface area contributed by atoms with Gasteiger partial charge >= 0.3 is 5.97 Å². The number of sulfonamides is 1. The largest absolute Gasteiger partial charge is 0.465 e. The normalized spacial score (nSPS) is 17.6. The second kappa shape index (κ2) is 7.02. The molecular weight excluding hydrogens is 292 g/mol. The zero-order valence-corrected chi connectivity index (χ0v) is 12.9. The molecule has 0 atom stereocenters. The molecule has 0 radical (unpaired) electrons. The van der Waals surface area contributed by atoms with Gasteiger partial charge in [0, 0.05) is 39.6 Å². The van der Waals surface area contributed by atoms with Gasteiger partial charge in [0.2, 0.25) is 10.0 Å². The van der Waals surface area contributed by atoms with Crippen molar-refractivity contribution in [2.24, 2.45) is 0 Å². The number of carbonyl (C=O) groups is 1. The maximum absolute atomic E-state index is 12.4. The Hall–Kier alpha value is -1.44. The number of ether oxygens (including phenoxy) is 1. The molecule has 0 aliphatic carbocycles. The lowest BCUT2D eigenvalue weighted by Crippen LogP contribution is -2.49. The van der Waals surface area contributed by atoms with Crippen molar-refractivity contribution >= 4 is 16.0 Å². The molecule has 0 aromatic heterocycles. The Balaban J connectivity index is 1.88. The number of benzene rings is 1. The minimum Gasteiger partial charge on any atom is -0.465 e. The lowest BCUT2D eigenvalue weighted by molar-refractivity contribution is -0.141. The summed E-state index contributed by atoms with van der Waals surface area (Å²) >= 11 is 0. The van der Waals surface area contributed by atoms with Crippen molar-refractivity contribution in [2.75, 3.05) is 39.3 Å². The fourth-order valence-corrected chi connectivity index (χ4v) is 3.70. The van der Waals surface area contributed by atoms with Crippen LogP contribution in [0.2, 0.25) is 0 Å². The predicted molar refractivity (Wildman–Crippen MR) is 78.3 cm³/mol. The van der Waals surface area contributed by atoms with E-state index in [2.05, 4.69) is 4.90 Å². The van der Waals surface area contributed by atoms with Crippen LogP contribution in [0.25, 0.3) is 0 Å². The maximum atomic E-state index is 12.4. The summed E-state index contributed by atoms with van der Waals surface area (Å²) in [6.45, 7) is 4.57. The predicted octanol–water partition coefficient (Wildman–Crippen LogP) is 0.556. The van der Waals surface area contributed by atoms with Crippen LogP contribution in [-0.2, 0) is 19.6 Å². The SMILES string of the molecule is CC(=O)OCCN1CCN(S(=O)(=O)c2ccccc2)CC1. The van der Waals surface area contributed by atoms with Gasteiger partial charge in [-0.05, 0) is 12.1 Å². The molecule has 7 heteroatoms. The highest BCUT2D eigenvalue weighted by Crippen LogP contribution is 2.16. The Morgan fingerprint density at radius 3 is 2.33 bits per heavy atom. The van der Waals surface area contributed by atoms with Gasteiger partial charge in [-0.25, -0.2) is 8.42 Å². The molecule has 1 saturated heterocycles. The number of rotatable bonds is 5. The third-order valence-corrected chi connectivity index (χ3v) is 5.34. The van der Waals surface area contributed by atoms with Gasteiger partial charge < -0.3 is 4.74 Å². The molecule has 21 heavy (non-hydrogen) atoms. The van der Waals surface area contributed by atoms with Crippen molar-refractivity contribution in [3.63, 3.8) is 0 Å². The summed E-state index contributed by atoms with van der Waals surface area (Å²) in [5.41, 5.74) is 0. The van der Waals surface area contributed by atoms with Gasteiger partial charge in [0.05, 0.1) is 4.90 Å². The van der Waals surface area contributed by atoms with Crippen molar-refractivity contribution in [1.82, 2.24) is 9.21 Å². The van der Waals surface area contributed by atoms with Crippen molar-refractivity contribution in [1.29, 1.82) is 0 Å². The molecule has 0 amide bonds. The molecule has 0 unspecified atom stereocenters. The molecule has 1 aromatic rings. The molecule has 0 bridgehead atoms. The average molecular weight is 312 g/mol. The van der Waals surface area contributed by atoms with Crippen LogP contribution < -0.4 is 0 Å². The molecule has 1 aromatic carbocycles. The number of esters is 1. The molecule has 6 nitrogen and oxygen atoms in total. The summed E-state index contributed by atoms with van der Waals surface area (Å²) in [7, 11) is -3.40. The minimum atomic E-state index is -3.40. The molecule has 1 aliphatic heterocycles. The first kappa shape index (κ1) is 15.9. The van der Waals surface area contributed by atoms with Crippen LogP contribution in [0.15, 0.2) is 35.2 Å². The van der Waals surface area contributed by atoms with E-state index in [1.54, 1.807) is 30.3 Å². The van der Waals surface area contributed by atoms with E-state index < -0.39 is 10.0 Å². The highest BCUT2D eigenvalue weighted by molar-refractivity contribution is 7.89. The summed E-state index contributed by atoms with van der Waals surface area (Å²) < 4.78 is 31.3. The summed E-state index contributed by atoms with van der Waals surface area (Å²) in [5, 5.41) is 0. The van der Waals surface area contributed by atoms with Crippen molar-refractivity contribution in [2.45, 2.75) is 11.8 Å². The molecule has 0 N–H and O–H groups in total. The Labute approximate surface area is 125 Å². The van der Waals surface area contributed by atoms with E-state index in [4.69, 9.17) is 4.74 Å². The first-order valence-corrected chi connectivity index (χ1v) is 8.35. The van der Waals surface area contributed by atoms with E-state index in [9.17, 15) is 13.2 Å². The van der Waals surface area contributed by atoms with Crippen LogP contribution in [0.5, 0.6) is 0 Å². The van der Waals surface area contributed by atoms with Crippen molar-refractivity contribution < 1.29 is 17.9 Å². The summed E-state index contributed by atoms with van der Waals surface area (Å²) in [6, 6.07) is 8.47. The quantitative estimate of drug-likeness (QED) is 0.743. The molecule has 1 aliphatic rings. The van der Waals surface area contributed by atoms with Gasteiger partial charge in [0.1, 0.15) is 6.61 Å². The highest BCUT2D eigenvalue weighted by Gasteiger charge is 2.28. The van der Waals surface area contributed by atoms with Crippen LogP contribution in [0, 0.1) is 0 Å². The van der Waals surface area contributed by atoms with Gasteiger partial charge in [-0.3, -0.25) is 9.69 Å². The van der Waals surface area contributed by atoms with Crippen LogP contribution in [0.4, 0.5) is 0 Å². The maximum Gasteiger partial charge on any atom is 0.302 e. The van der Waals surface area contributed by atoms with Gasteiger partial charge in [0.15, 0.2) is 0 Å². The molecular formula is C14H20N2O4S. The first-order valence-electron chi connectivity index (χ1n) is 6.91. The van der Waals surface area contributed by atoms with E-state index in [0.29, 0.717) is 44.2 Å². The van der Waals surface area contributed by atoms with Crippen molar-refractivity contribution in [3.05, 3.63) is 30.3 Å². The van der Waals surface area contributed by atoms with E-state index in [1.807, 2.05) is 0 Å². The van der Waals surface area contributed by atoms with Crippen LogP contribution in [0.3, 0.4) is 0 Å². The third-order valence-electron chi connectivity index (χ3n) is 3.43. The molecule has 1 fully saturated rings. The number of carbonyl (C=O) groups excluding carboxylic acids is 1. The standard InChI is InChI=1S/C14H20N2O4S/c1-13(17)20-12-11-15-7-9-16(10-8-15)21(18,19)14-5-3-2-4-6-14/h2-6H,7-12H2,1H3. The van der Waals surface area contributed by atoms with Crippen LogP contribution in [-0.4, -0.2) is 62.9 Å². The highest BCUT2D eigenvalue weighted by atomic mass is 32.2. The van der Waals surface area contributed by atoms with Crippen LogP contribution >= 0.6 is 0 Å². The van der Waals surface area contributed by atoms with Gasteiger partial charge in [-0.2, -0.15) is 4.31 Å². The molecule has 2 rings (SSSR count). The summed E-state index contributed by atoms with van der Waals surface area (Å²) in [4.78, 5) is 13.1. The van der Waals surface area contributed by atoms with Crippen LogP contribution in [0.1, 0.15) is 6.92 Å². The molecule has 1 heterocycles. The average Bonchev–Trinajstić information content (AvgIpc) is 2.48. The second-order valence-electron chi connectivity index (χ2n) is 4.90. The zero-order valence-electron chi connectivity index (χ0n) is 12.1. The Morgan fingerprint density at radius 2 is 1.76 bits per heavy atom. The van der Waals surface area contributed by atoms with E-state index in [0.717, 1.165) is 0 Å². The topological polar surface area (TPSA) is 66.9 Å². The van der Waals surface area contributed by atoms with E-state index in [-0.39, 0.29) is 5.97 Å². The minimum absolute atomic E-state index is 0.291. The first-order chi connectivity index (χ1) is 10.00. The number of hydrogen-bond acceptors (Lipinski definition) is 5.